The van der Waals surface area contributed by atoms with Crippen molar-refractivity contribution in [2.75, 3.05) is 14.2 Å². The number of rotatable bonds is 7. The number of aromatic nitrogens is 3. The molecule has 0 fully saturated rings. The Labute approximate surface area is 162 Å². The molecule has 2 N–H and O–H groups in total. The fourth-order valence-electron chi connectivity index (χ4n) is 3.06. The van der Waals surface area contributed by atoms with E-state index in [4.69, 9.17) is 31.8 Å². The Hall–Kier alpha value is -2.80. The van der Waals surface area contributed by atoms with Crippen molar-refractivity contribution in [3.05, 3.63) is 35.0 Å². The largest absolute Gasteiger partial charge is 0.493 e. The van der Waals surface area contributed by atoms with Crippen LogP contribution in [0.4, 0.5) is 0 Å². The van der Waals surface area contributed by atoms with Crippen LogP contribution in [0.3, 0.4) is 0 Å². The van der Waals surface area contributed by atoms with Crippen molar-refractivity contribution in [3.63, 3.8) is 0 Å². The normalized spacial score (nSPS) is 11.0. The van der Waals surface area contributed by atoms with Crippen LogP contribution in [0.1, 0.15) is 18.4 Å². The molecule has 2 heterocycles. The van der Waals surface area contributed by atoms with E-state index in [2.05, 4.69) is 5.10 Å². The van der Waals surface area contributed by atoms with Gasteiger partial charge in [-0.05, 0) is 31.0 Å². The number of fused-ring (bicyclic) bond motifs is 1. The Bertz CT molecular complexity index is 1000. The summed E-state index contributed by atoms with van der Waals surface area (Å²) in [6.45, 7) is 2.60. The summed E-state index contributed by atoms with van der Waals surface area (Å²) in [5, 5.41) is 4.92. The van der Waals surface area contributed by atoms with Crippen LogP contribution in [-0.2, 0) is 11.3 Å². The fourth-order valence-corrected chi connectivity index (χ4v) is 3.31. The van der Waals surface area contributed by atoms with Crippen molar-refractivity contribution >= 4 is 28.5 Å². The smallest absolute Gasteiger partial charge is 0.217 e. The van der Waals surface area contributed by atoms with Crippen molar-refractivity contribution in [2.24, 2.45) is 5.73 Å². The van der Waals surface area contributed by atoms with Gasteiger partial charge in [-0.1, -0.05) is 11.6 Å². The second-order valence-electron chi connectivity index (χ2n) is 6.18. The Kier molecular flexibility index (Phi) is 5.51. The lowest BCUT2D eigenvalue weighted by Crippen LogP contribution is -2.12. The maximum atomic E-state index is 10.9. The molecular formula is C19H21ClN4O3. The van der Waals surface area contributed by atoms with E-state index in [1.54, 1.807) is 26.5 Å². The zero-order valence-corrected chi connectivity index (χ0v) is 16.2. The summed E-state index contributed by atoms with van der Waals surface area (Å²) >= 11 is 6.44. The molecule has 1 aromatic carbocycles. The Morgan fingerprint density at radius 2 is 1.93 bits per heavy atom. The molecule has 0 spiro atoms. The van der Waals surface area contributed by atoms with Crippen molar-refractivity contribution < 1.29 is 14.3 Å². The van der Waals surface area contributed by atoms with Crippen molar-refractivity contribution in [3.8, 4) is 22.8 Å². The van der Waals surface area contributed by atoms with Crippen LogP contribution >= 0.6 is 11.6 Å². The molecule has 0 radical (unpaired) electrons. The van der Waals surface area contributed by atoms with Crippen LogP contribution in [0.5, 0.6) is 11.5 Å². The van der Waals surface area contributed by atoms with Gasteiger partial charge >= 0.3 is 0 Å². The molecule has 2 aromatic heterocycles. The van der Waals surface area contributed by atoms with Gasteiger partial charge in [-0.25, -0.2) is 4.98 Å². The maximum absolute atomic E-state index is 10.9. The molecule has 8 heteroatoms. The molecule has 0 saturated carbocycles. The number of hydrogen-bond donors (Lipinski definition) is 1. The minimum atomic E-state index is -0.313. The number of carbonyl (C=O) groups is 1. The predicted molar refractivity (Wildman–Crippen MR) is 104 cm³/mol. The third-order valence-corrected chi connectivity index (χ3v) is 4.64. The van der Waals surface area contributed by atoms with Crippen LogP contribution in [0, 0.1) is 6.92 Å². The fraction of sp³-hybridized carbons (Fsp3) is 0.316. The molecule has 0 atom stereocenters. The maximum Gasteiger partial charge on any atom is 0.217 e. The van der Waals surface area contributed by atoms with Gasteiger partial charge in [0.05, 0.1) is 36.6 Å². The summed E-state index contributed by atoms with van der Waals surface area (Å²) < 4.78 is 12.5. The lowest BCUT2D eigenvalue weighted by atomic mass is 10.1. The first-order valence-electron chi connectivity index (χ1n) is 8.48. The lowest BCUT2D eigenvalue weighted by molar-refractivity contribution is -0.118. The molecule has 0 unspecified atom stereocenters. The first-order chi connectivity index (χ1) is 12.9. The predicted octanol–water partition coefficient (Wildman–Crippen LogP) is 3.34. The van der Waals surface area contributed by atoms with Gasteiger partial charge in [-0.15, -0.1) is 0 Å². The number of primary amides is 1. The van der Waals surface area contributed by atoms with Crippen LogP contribution in [-0.4, -0.2) is 34.9 Å². The molecule has 0 aliphatic rings. The zero-order chi connectivity index (χ0) is 19.6. The topological polar surface area (TPSA) is 92.3 Å². The van der Waals surface area contributed by atoms with Crippen LogP contribution in [0.15, 0.2) is 24.4 Å². The number of benzene rings is 1. The van der Waals surface area contributed by atoms with Gasteiger partial charge in [-0.3, -0.25) is 9.48 Å². The molecule has 27 heavy (non-hydrogen) atoms. The van der Waals surface area contributed by atoms with E-state index in [0.717, 1.165) is 27.9 Å². The van der Waals surface area contributed by atoms with Gasteiger partial charge in [0.2, 0.25) is 5.91 Å². The van der Waals surface area contributed by atoms with Crippen molar-refractivity contribution in [1.29, 1.82) is 0 Å². The van der Waals surface area contributed by atoms with Crippen LogP contribution < -0.4 is 15.2 Å². The number of ether oxygens (including phenoxy) is 2. The van der Waals surface area contributed by atoms with Gasteiger partial charge in [0.1, 0.15) is 5.52 Å². The van der Waals surface area contributed by atoms with E-state index in [1.807, 2.05) is 23.7 Å². The number of hydrogen-bond acceptors (Lipinski definition) is 5. The Morgan fingerprint density at radius 3 is 2.59 bits per heavy atom. The Balaban J connectivity index is 2.01. The van der Waals surface area contributed by atoms with Gasteiger partial charge in [0.15, 0.2) is 11.5 Å². The third kappa shape index (κ3) is 3.83. The van der Waals surface area contributed by atoms with Gasteiger partial charge < -0.3 is 15.2 Å². The van der Waals surface area contributed by atoms with Crippen LogP contribution in [0.25, 0.3) is 22.3 Å². The Morgan fingerprint density at radius 1 is 1.22 bits per heavy atom. The summed E-state index contributed by atoms with van der Waals surface area (Å²) in [6.07, 6.45) is 2.67. The molecule has 7 nitrogen and oxygen atoms in total. The molecule has 142 valence electrons. The number of methoxy groups -OCH3 is 2. The monoisotopic (exact) mass is 388 g/mol. The summed E-state index contributed by atoms with van der Waals surface area (Å²) in [6, 6.07) is 5.48. The molecule has 3 aromatic rings. The molecule has 1 amide bonds. The van der Waals surface area contributed by atoms with E-state index < -0.39 is 0 Å². The quantitative estimate of drug-likeness (QED) is 0.670. The highest BCUT2D eigenvalue weighted by atomic mass is 35.5. The zero-order valence-electron chi connectivity index (χ0n) is 15.5. The van der Waals surface area contributed by atoms with Crippen molar-refractivity contribution in [1.82, 2.24) is 14.8 Å². The summed E-state index contributed by atoms with van der Waals surface area (Å²) in [4.78, 5) is 15.6. The SMILES string of the molecule is COc1cc(Cl)c(-c2cc(C)c3c(cnn3CCCC(N)=O)n2)cc1OC. The molecular weight excluding hydrogens is 368 g/mol. The minimum Gasteiger partial charge on any atom is -0.493 e. The highest BCUT2D eigenvalue weighted by Gasteiger charge is 2.15. The molecule has 0 saturated heterocycles. The highest BCUT2D eigenvalue weighted by Crippen LogP contribution is 2.38. The highest BCUT2D eigenvalue weighted by molar-refractivity contribution is 6.33. The summed E-state index contributed by atoms with van der Waals surface area (Å²) in [5.74, 6) is 0.830. The van der Waals surface area contributed by atoms with E-state index >= 15 is 0 Å². The number of pyridine rings is 1. The number of nitrogens with zero attached hydrogens (tertiary/aromatic N) is 3. The second kappa shape index (κ2) is 7.84. The lowest BCUT2D eigenvalue weighted by Gasteiger charge is -2.12. The van der Waals surface area contributed by atoms with Crippen LogP contribution in [0.2, 0.25) is 5.02 Å². The van der Waals surface area contributed by atoms with Gasteiger partial charge in [-0.2, -0.15) is 5.10 Å². The second-order valence-corrected chi connectivity index (χ2v) is 6.59. The molecule has 0 aliphatic carbocycles. The average Bonchev–Trinajstić information content (AvgIpc) is 3.04. The minimum absolute atomic E-state index is 0.313. The van der Waals surface area contributed by atoms with E-state index in [1.165, 1.54) is 0 Å². The van der Waals surface area contributed by atoms with E-state index in [9.17, 15) is 4.79 Å². The molecule has 0 aliphatic heterocycles. The molecule has 3 rings (SSSR count). The summed E-state index contributed by atoms with van der Waals surface area (Å²) in [7, 11) is 3.14. The number of aryl methyl sites for hydroxylation is 2. The third-order valence-electron chi connectivity index (χ3n) is 4.33. The van der Waals surface area contributed by atoms with Crippen molar-refractivity contribution in [2.45, 2.75) is 26.3 Å². The van der Waals surface area contributed by atoms with Gasteiger partial charge in [0.25, 0.3) is 0 Å². The first kappa shape index (κ1) is 19.0. The van der Waals surface area contributed by atoms with Gasteiger partial charge in [0, 0.05) is 24.6 Å². The standard InChI is InChI=1S/C19H21ClN4O3/c1-11-7-14(12-8-16(26-2)17(27-3)9-13(12)20)23-15-10-22-24(19(11)15)6-4-5-18(21)25/h7-10H,4-6H2,1-3H3,(H2,21,25). The molecule has 0 bridgehead atoms. The number of carbonyl (C=O) groups excluding carboxylic acids is 1. The average molecular weight is 389 g/mol. The van der Waals surface area contributed by atoms with E-state index in [-0.39, 0.29) is 5.91 Å². The first-order valence-corrected chi connectivity index (χ1v) is 8.85. The number of nitrogens with two attached hydrogens (primary N) is 1. The number of halogens is 1. The summed E-state index contributed by atoms with van der Waals surface area (Å²) in [5.41, 5.74) is 9.38. The van der Waals surface area contributed by atoms with E-state index in [0.29, 0.717) is 35.9 Å². The number of amides is 1.